The molecule has 1 saturated heterocycles. The summed E-state index contributed by atoms with van der Waals surface area (Å²) in [5, 5.41) is 5.65. The molecule has 23 heavy (non-hydrogen) atoms. The summed E-state index contributed by atoms with van der Waals surface area (Å²) in [6, 6.07) is 8.65. The van der Waals surface area contributed by atoms with Gasteiger partial charge in [0.2, 0.25) is 11.8 Å². The highest BCUT2D eigenvalue weighted by Crippen LogP contribution is 2.06. The number of anilines is 1. The Hall–Kier alpha value is -1.93. The summed E-state index contributed by atoms with van der Waals surface area (Å²) in [4.78, 5) is 25.4. The number of rotatable bonds is 6. The number of nitrogens with zero attached hydrogens (tertiary/aromatic N) is 1. The highest BCUT2D eigenvalue weighted by molar-refractivity contribution is 7.92. The lowest BCUT2D eigenvalue weighted by Gasteiger charge is -2.27. The van der Waals surface area contributed by atoms with E-state index in [0.29, 0.717) is 18.8 Å². The Kier molecular flexibility index (Phi) is 6.12. The number of benzene rings is 1. The fraction of sp³-hybridized carbons (Fsp3) is 0.467. The minimum absolute atomic E-state index is 0.0824. The molecule has 1 fully saturated rings. The third kappa shape index (κ3) is 5.99. The van der Waals surface area contributed by atoms with Crippen LogP contribution in [0.25, 0.3) is 0 Å². The van der Waals surface area contributed by atoms with E-state index in [1.807, 2.05) is 0 Å². The molecule has 0 aliphatic carbocycles. The van der Waals surface area contributed by atoms with Gasteiger partial charge in [-0.3, -0.25) is 9.59 Å². The summed E-state index contributed by atoms with van der Waals surface area (Å²) in [5.74, 6) is -1.70. The van der Waals surface area contributed by atoms with E-state index in [1.165, 1.54) is 0 Å². The third-order valence-corrected chi connectivity index (χ3v) is 5.03. The first-order valence-corrected chi connectivity index (χ1v) is 9.32. The maximum Gasteiger partial charge on any atom is 0.239 e. The zero-order valence-electron chi connectivity index (χ0n) is 12.8. The van der Waals surface area contributed by atoms with Crippen LogP contribution in [-0.4, -0.2) is 62.8 Å². The van der Waals surface area contributed by atoms with Gasteiger partial charge >= 0.3 is 0 Å². The first-order valence-electron chi connectivity index (χ1n) is 7.50. The van der Waals surface area contributed by atoms with Crippen LogP contribution in [0.15, 0.2) is 30.3 Å². The van der Waals surface area contributed by atoms with Gasteiger partial charge in [0.25, 0.3) is 0 Å². The molecule has 0 unspecified atom stereocenters. The molecule has 0 saturated carbocycles. The SMILES string of the molecule is O=C(CS(=O)(=O)CCC(=O)N1CCNCC1)Nc1ccccc1. The van der Waals surface area contributed by atoms with E-state index in [9.17, 15) is 18.0 Å². The van der Waals surface area contributed by atoms with Crippen molar-refractivity contribution in [2.24, 2.45) is 0 Å². The van der Waals surface area contributed by atoms with Crippen LogP contribution >= 0.6 is 0 Å². The smallest absolute Gasteiger partial charge is 0.239 e. The van der Waals surface area contributed by atoms with Crippen LogP contribution < -0.4 is 10.6 Å². The number of sulfone groups is 1. The molecule has 2 N–H and O–H groups in total. The molecule has 1 aromatic carbocycles. The van der Waals surface area contributed by atoms with Crippen LogP contribution in [-0.2, 0) is 19.4 Å². The van der Waals surface area contributed by atoms with Crippen LogP contribution in [0.3, 0.4) is 0 Å². The summed E-state index contributed by atoms with van der Waals surface area (Å²) in [7, 11) is -3.61. The van der Waals surface area contributed by atoms with Gasteiger partial charge in [-0.25, -0.2) is 8.42 Å². The van der Waals surface area contributed by atoms with E-state index in [4.69, 9.17) is 0 Å². The average molecular weight is 339 g/mol. The van der Waals surface area contributed by atoms with Crippen LogP contribution in [0.1, 0.15) is 6.42 Å². The van der Waals surface area contributed by atoms with Crippen molar-refractivity contribution in [2.75, 3.05) is 43.0 Å². The first-order chi connectivity index (χ1) is 11.0. The van der Waals surface area contributed by atoms with Crippen molar-refractivity contribution in [2.45, 2.75) is 6.42 Å². The van der Waals surface area contributed by atoms with Gasteiger partial charge in [0, 0.05) is 38.3 Å². The van der Waals surface area contributed by atoms with E-state index >= 15 is 0 Å². The summed E-state index contributed by atoms with van der Waals surface area (Å²) in [5.41, 5.74) is 0.546. The minimum atomic E-state index is -3.61. The molecule has 0 bridgehead atoms. The zero-order chi connectivity index (χ0) is 16.7. The summed E-state index contributed by atoms with van der Waals surface area (Å²) in [6.07, 6.45) is -0.0824. The number of amides is 2. The number of carbonyl (C=O) groups is 2. The van der Waals surface area contributed by atoms with Gasteiger partial charge in [-0.2, -0.15) is 0 Å². The lowest BCUT2D eigenvalue weighted by Crippen LogP contribution is -2.46. The van der Waals surface area contributed by atoms with E-state index in [2.05, 4.69) is 10.6 Å². The maximum absolute atomic E-state index is 12.0. The third-order valence-electron chi connectivity index (χ3n) is 3.51. The van der Waals surface area contributed by atoms with E-state index in [1.54, 1.807) is 35.2 Å². The van der Waals surface area contributed by atoms with Crippen LogP contribution in [0.4, 0.5) is 5.69 Å². The standard InChI is InChI=1S/C15H21N3O4S/c19-14(17-13-4-2-1-3-5-13)12-23(21,22)11-6-15(20)18-9-7-16-8-10-18/h1-5,16H,6-12H2,(H,17,19). The Bertz CT molecular complexity index is 640. The highest BCUT2D eigenvalue weighted by Gasteiger charge is 2.21. The van der Waals surface area contributed by atoms with Gasteiger partial charge in [0.1, 0.15) is 5.75 Å². The predicted octanol–water partition coefficient (Wildman–Crippen LogP) is -0.138. The molecule has 0 radical (unpaired) electrons. The van der Waals surface area contributed by atoms with Crippen molar-refractivity contribution >= 4 is 27.3 Å². The second-order valence-electron chi connectivity index (χ2n) is 5.39. The van der Waals surface area contributed by atoms with Gasteiger partial charge in [0.15, 0.2) is 9.84 Å². The molecule has 0 spiro atoms. The summed E-state index contributed by atoms with van der Waals surface area (Å²) >= 11 is 0. The Balaban J connectivity index is 1.79. The molecular weight excluding hydrogens is 318 g/mol. The quantitative estimate of drug-likeness (QED) is 0.752. The van der Waals surface area contributed by atoms with Crippen molar-refractivity contribution in [1.82, 2.24) is 10.2 Å². The van der Waals surface area contributed by atoms with Gasteiger partial charge < -0.3 is 15.5 Å². The Morgan fingerprint density at radius 3 is 2.43 bits per heavy atom. The molecule has 0 atom stereocenters. The van der Waals surface area contributed by atoms with Crippen molar-refractivity contribution in [3.63, 3.8) is 0 Å². The topological polar surface area (TPSA) is 95.6 Å². The maximum atomic E-state index is 12.0. The normalized spacial score (nSPS) is 15.2. The predicted molar refractivity (Wildman–Crippen MR) is 87.8 cm³/mol. The van der Waals surface area contributed by atoms with Crippen molar-refractivity contribution in [3.8, 4) is 0 Å². The lowest BCUT2D eigenvalue weighted by atomic mass is 10.3. The van der Waals surface area contributed by atoms with E-state index in [0.717, 1.165) is 13.1 Å². The van der Waals surface area contributed by atoms with Crippen molar-refractivity contribution in [1.29, 1.82) is 0 Å². The highest BCUT2D eigenvalue weighted by atomic mass is 32.2. The van der Waals surface area contributed by atoms with E-state index < -0.39 is 21.5 Å². The summed E-state index contributed by atoms with van der Waals surface area (Å²) < 4.78 is 23.9. The molecule has 0 aromatic heterocycles. The first kappa shape index (κ1) is 17.4. The van der Waals surface area contributed by atoms with Crippen molar-refractivity contribution in [3.05, 3.63) is 30.3 Å². The monoisotopic (exact) mass is 339 g/mol. The number of para-hydroxylation sites is 1. The molecule has 126 valence electrons. The molecule has 1 aromatic rings. The minimum Gasteiger partial charge on any atom is -0.340 e. The Morgan fingerprint density at radius 2 is 1.78 bits per heavy atom. The molecule has 1 aliphatic heterocycles. The fourth-order valence-corrected chi connectivity index (χ4v) is 3.41. The second-order valence-corrected chi connectivity index (χ2v) is 7.57. The molecule has 1 aliphatic rings. The molecule has 1 heterocycles. The average Bonchev–Trinajstić information content (AvgIpc) is 2.54. The lowest BCUT2D eigenvalue weighted by molar-refractivity contribution is -0.131. The number of carbonyl (C=O) groups excluding carboxylic acids is 2. The van der Waals surface area contributed by atoms with Gasteiger partial charge in [0.05, 0.1) is 5.75 Å². The Morgan fingerprint density at radius 1 is 1.13 bits per heavy atom. The number of piperazine rings is 1. The number of nitrogens with one attached hydrogen (secondary N) is 2. The number of hydrogen-bond donors (Lipinski definition) is 2. The summed E-state index contributed by atoms with van der Waals surface area (Å²) in [6.45, 7) is 2.62. The molecular formula is C15H21N3O4S. The van der Waals surface area contributed by atoms with Gasteiger partial charge in [-0.15, -0.1) is 0 Å². The molecule has 8 heteroatoms. The second kappa shape index (κ2) is 8.07. The van der Waals surface area contributed by atoms with E-state index in [-0.39, 0.29) is 18.1 Å². The molecule has 7 nitrogen and oxygen atoms in total. The fourth-order valence-electron chi connectivity index (χ4n) is 2.31. The largest absolute Gasteiger partial charge is 0.340 e. The van der Waals surface area contributed by atoms with Crippen LogP contribution in [0.5, 0.6) is 0 Å². The van der Waals surface area contributed by atoms with Crippen LogP contribution in [0, 0.1) is 0 Å². The molecule has 2 amide bonds. The zero-order valence-corrected chi connectivity index (χ0v) is 13.6. The van der Waals surface area contributed by atoms with Crippen LogP contribution in [0.2, 0.25) is 0 Å². The van der Waals surface area contributed by atoms with Crippen molar-refractivity contribution < 1.29 is 18.0 Å². The number of hydrogen-bond acceptors (Lipinski definition) is 5. The Labute approximate surface area is 136 Å². The van der Waals surface area contributed by atoms with Gasteiger partial charge in [-0.05, 0) is 12.1 Å². The van der Waals surface area contributed by atoms with Gasteiger partial charge in [-0.1, -0.05) is 18.2 Å². The molecule has 2 rings (SSSR count).